The van der Waals surface area contributed by atoms with Gasteiger partial charge in [-0.25, -0.2) is 0 Å². The van der Waals surface area contributed by atoms with Crippen LogP contribution in [0, 0.1) is 5.92 Å². The minimum atomic E-state index is 0.572. The summed E-state index contributed by atoms with van der Waals surface area (Å²) in [5.41, 5.74) is 1.17. The van der Waals surface area contributed by atoms with Gasteiger partial charge in [-0.2, -0.15) is 5.10 Å². The van der Waals surface area contributed by atoms with Crippen molar-refractivity contribution < 1.29 is 0 Å². The third-order valence-electron chi connectivity index (χ3n) is 3.78. The molecule has 1 heterocycles. The highest BCUT2D eigenvalue weighted by Crippen LogP contribution is 2.29. The Hall–Kier alpha value is -0.990. The highest BCUT2D eigenvalue weighted by atomic mass is 15.3. The van der Waals surface area contributed by atoms with Gasteiger partial charge in [-0.1, -0.05) is 19.8 Å². The van der Waals surface area contributed by atoms with Crippen molar-refractivity contribution in [1.82, 2.24) is 9.78 Å². The maximum absolute atomic E-state index is 4.46. The fraction of sp³-hybridized carbons (Fsp3) is 0.769. The van der Waals surface area contributed by atoms with Crippen LogP contribution in [0.3, 0.4) is 0 Å². The average molecular weight is 221 g/mol. The number of nitrogens with one attached hydrogen (secondary N) is 1. The Morgan fingerprint density at radius 3 is 2.75 bits per heavy atom. The highest BCUT2D eigenvalue weighted by Gasteiger charge is 2.22. The lowest BCUT2D eigenvalue weighted by molar-refractivity contribution is 0.479. The first-order valence-corrected chi connectivity index (χ1v) is 6.50. The zero-order valence-electron chi connectivity index (χ0n) is 10.7. The van der Waals surface area contributed by atoms with Crippen LogP contribution in [0.15, 0.2) is 6.07 Å². The zero-order chi connectivity index (χ0) is 11.5. The van der Waals surface area contributed by atoms with Gasteiger partial charge < -0.3 is 5.32 Å². The molecule has 1 atom stereocenters. The molecule has 1 aromatic heterocycles. The molecule has 0 spiro atoms. The second-order valence-corrected chi connectivity index (χ2v) is 4.98. The summed E-state index contributed by atoms with van der Waals surface area (Å²) in [6.45, 7) is 4.45. The van der Waals surface area contributed by atoms with Gasteiger partial charge in [-0.15, -0.1) is 0 Å². The van der Waals surface area contributed by atoms with E-state index in [2.05, 4.69) is 30.3 Å². The summed E-state index contributed by atoms with van der Waals surface area (Å²) in [7, 11) is 2.02. The molecule has 3 nitrogen and oxygen atoms in total. The van der Waals surface area contributed by atoms with E-state index in [1.54, 1.807) is 0 Å². The Kier molecular flexibility index (Phi) is 3.52. The Labute approximate surface area is 98.2 Å². The second kappa shape index (κ2) is 4.89. The van der Waals surface area contributed by atoms with Crippen LogP contribution < -0.4 is 5.32 Å². The fourth-order valence-corrected chi connectivity index (χ4v) is 2.64. The second-order valence-electron chi connectivity index (χ2n) is 4.98. The molecule has 1 saturated carbocycles. The van der Waals surface area contributed by atoms with Gasteiger partial charge in [-0.3, -0.25) is 4.68 Å². The molecular formula is C13H23N3. The third-order valence-corrected chi connectivity index (χ3v) is 3.78. The monoisotopic (exact) mass is 221 g/mol. The molecule has 0 amide bonds. The van der Waals surface area contributed by atoms with Crippen molar-refractivity contribution in [3.63, 3.8) is 0 Å². The molecule has 0 radical (unpaired) electrons. The van der Waals surface area contributed by atoms with Gasteiger partial charge in [0.1, 0.15) is 5.82 Å². The lowest BCUT2D eigenvalue weighted by Crippen LogP contribution is -2.24. The van der Waals surface area contributed by atoms with E-state index in [-0.39, 0.29) is 0 Å². The van der Waals surface area contributed by atoms with Crippen molar-refractivity contribution in [3.05, 3.63) is 11.8 Å². The number of hydrogen-bond donors (Lipinski definition) is 1. The van der Waals surface area contributed by atoms with Crippen LogP contribution in [0.5, 0.6) is 0 Å². The topological polar surface area (TPSA) is 29.9 Å². The van der Waals surface area contributed by atoms with Gasteiger partial charge in [0.05, 0.1) is 5.69 Å². The summed E-state index contributed by atoms with van der Waals surface area (Å²) in [5, 5.41) is 8.07. The first kappa shape index (κ1) is 11.5. The summed E-state index contributed by atoms with van der Waals surface area (Å²) >= 11 is 0. The van der Waals surface area contributed by atoms with Crippen LogP contribution in [-0.2, 0) is 13.5 Å². The molecule has 0 saturated heterocycles. The van der Waals surface area contributed by atoms with Crippen molar-refractivity contribution in [3.8, 4) is 0 Å². The number of nitrogens with zero attached hydrogens (tertiary/aromatic N) is 2. The molecule has 3 heteroatoms. The molecule has 0 aromatic carbocycles. The predicted molar refractivity (Wildman–Crippen MR) is 67.6 cm³/mol. The maximum atomic E-state index is 4.46. The van der Waals surface area contributed by atoms with Crippen molar-refractivity contribution in [1.29, 1.82) is 0 Å². The van der Waals surface area contributed by atoms with Crippen LogP contribution >= 0.6 is 0 Å². The van der Waals surface area contributed by atoms with Crippen molar-refractivity contribution >= 4 is 5.82 Å². The largest absolute Gasteiger partial charge is 0.368 e. The van der Waals surface area contributed by atoms with E-state index in [1.165, 1.54) is 31.4 Å². The highest BCUT2D eigenvalue weighted by molar-refractivity contribution is 5.38. The standard InChI is InChI=1S/C13H23N3/c1-4-12-9-13(16(3)15-12)14-10(2)11-7-5-6-8-11/h9-11,14H,4-8H2,1-3H3. The summed E-state index contributed by atoms with van der Waals surface area (Å²) < 4.78 is 1.96. The smallest absolute Gasteiger partial charge is 0.124 e. The molecule has 2 rings (SSSR count). The Morgan fingerprint density at radius 2 is 2.19 bits per heavy atom. The number of aromatic nitrogens is 2. The van der Waals surface area contributed by atoms with Gasteiger partial charge in [0.2, 0.25) is 0 Å². The Balaban J connectivity index is 1.99. The van der Waals surface area contributed by atoms with E-state index in [1.807, 2.05) is 11.7 Å². The van der Waals surface area contributed by atoms with Crippen LogP contribution in [0.2, 0.25) is 0 Å². The van der Waals surface area contributed by atoms with Gasteiger partial charge >= 0.3 is 0 Å². The van der Waals surface area contributed by atoms with Gasteiger partial charge in [-0.05, 0) is 32.1 Å². The van der Waals surface area contributed by atoms with Crippen molar-refractivity contribution in [2.24, 2.45) is 13.0 Å². The Bertz CT molecular complexity index is 337. The van der Waals surface area contributed by atoms with Crippen molar-refractivity contribution in [2.75, 3.05) is 5.32 Å². The number of anilines is 1. The average Bonchev–Trinajstić information content (AvgIpc) is 2.88. The predicted octanol–water partition coefficient (Wildman–Crippen LogP) is 2.97. The molecule has 1 N–H and O–H groups in total. The lowest BCUT2D eigenvalue weighted by Gasteiger charge is -2.21. The summed E-state index contributed by atoms with van der Waals surface area (Å²) in [4.78, 5) is 0. The fourth-order valence-electron chi connectivity index (χ4n) is 2.64. The van der Waals surface area contributed by atoms with E-state index >= 15 is 0 Å². The molecule has 0 bridgehead atoms. The van der Waals surface area contributed by atoms with Crippen LogP contribution in [-0.4, -0.2) is 15.8 Å². The SMILES string of the molecule is CCc1cc(NC(C)C2CCCC2)n(C)n1. The van der Waals surface area contributed by atoms with Gasteiger partial charge in [0.15, 0.2) is 0 Å². The molecule has 1 aliphatic carbocycles. The first-order chi connectivity index (χ1) is 7.70. The van der Waals surface area contributed by atoms with E-state index < -0.39 is 0 Å². The number of rotatable bonds is 4. The molecule has 16 heavy (non-hydrogen) atoms. The van der Waals surface area contributed by atoms with E-state index in [0.29, 0.717) is 6.04 Å². The van der Waals surface area contributed by atoms with E-state index in [9.17, 15) is 0 Å². The summed E-state index contributed by atoms with van der Waals surface area (Å²) in [6, 6.07) is 2.74. The van der Waals surface area contributed by atoms with Crippen LogP contribution in [0.25, 0.3) is 0 Å². The molecular weight excluding hydrogens is 198 g/mol. The van der Waals surface area contributed by atoms with E-state index in [0.717, 1.165) is 18.2 Å². The summed E-state index contributed by atoms with van der Waals surface area (Å²) in [6.07, 6.45) is 6.58. The Morgan fingerprint density at radius 1 is 1.50 bits per heavy atom. The quantitative estimate of drug-likeness (QED) is 0.847. The lowest BCUT2D eigenvalue weighted by atomic mass is 10.00. The minimum Gasteiger partial charge on any atom is -0.368 e. The maximum Gasteiger partial charge on any atom is 0.124 e. The minimum absolute atomic E-state index is 0.572. The van der Waals surface area contributed by atoms with Gasteiger partial charge in [0.25, 0.3) is 0 Å². The molecule has 1 aliphatic rings. The summed E-state index contributed by atoms with van der Waals surface area (Å²) in [5.74, 6) is 2.01. The number of aryl methyl sites for hydroxylation is 2. The third kappa shape index (κ3) is 2.39. The number of hydrogen-bond acceptors (Lipinski definition) is 2. The van der Waals surface area contributed by atoms with Crippen LogP contribution in [0.1, 0.15) is 45.2 Å². The van der Waals surface area contributed by atoms with E-state index in [4.69, 9.17) is 0 Å². The molecule has 1 fully saturated rings. The molecule has 1 aromatic rings. The molecule has 1 unspecified atom stereocenters. The van der Waals surface area contributed by atoms with Gasteiger partial charge in [0, 0.05) is 19.2 Å². The zero-order valence-corrected chi connectivity index (χ0v) is 10.7. The molecule has 0 aliphatic heterocycles. The first-order valence-electron chi connectivity index (χ1n) is 6.50. The van der Waals surface area contributed by atoms with Crippen LogP contribution in [0.4, 0.5) is 5.82 Å². The van der Waals surface area contributed by atoms with Crippen molar-refractivity contribution in [2.45, 2.75) is 52.0 Å². The molecule has 90 valence electrons. The normalized spacial score (nSPS) is 18.9.